The highest BCUT2D eigenvalue weighted by Crippen LogP contribution is 2.25. The molecule has 2 heterocycles. The number of nitrogens with one attached hydrogen (secondary N) is 2. The fourth-order valence-electron chi connectivity index (χ4n) is 4.19. The van der Waals surface area contributed by atoms with Crippen LogP contribution in [0.3, 0.4) is 0 Å². The zero-order chi connectivity index (χ0) is 20.0. The average Bonchev–Trinajstić information content (AvgIpc) is 3.17. The minimum atomic E-state index is -0.137. The Morgan fingerprint density at radius 2 is 1.96 bits per heavy atom. The van der Waals surface area contributed by atoms with Crippen molar-refractivity contribution >= 4 is 5.96 Å². The Morgan fingerprint density at radius 1 is 1.18 bits per heavy atom. The van der Waals surface area contributed by atoms with Crippen molar-refractivity contribution in [3.63, 3.8) is 0 Å². The second-order valence-electron chi connectivity index (χ2n) is 9.23. The highest BCUT2D eigenvalue weighted by molar-refractivity contribution is 5.80. The van der Waals surface area contributed by atoms with E-state index in [4.69, 9.17) is 9.52 Å². The topological polar surface area (TPSA) is 78.6 Å². The van der Waals surface area contributed by atoms with E-state index in [9.17, 15) is 0 Å². The fourth-order valence-corrected chi connectivity index (χ4v) is 4.19. The molecule has 7 heteroatoms. The van der Waals surface area contributed by atoms with E-state index >= 15 is 0 Å². The maximum absolute atomic E-state index is 5.37. The van der Waals surface area contributed by atoms with Gasteiger partial charge in [0.1, 0.15) is 6.54 Å². The maximum Gasteiger partial charge on any atom is 0.232 e. The molecule has 1 saturated carbocycles. The zero-order valence-electron chi connectivity index (χ0n) is 18.1. The van der Waals surface area contributed by atoms with E-state index in [-0.39, 0.29) is 5.41 Å². The largest absolute Gasteiger partial charge is 0.357 e. The summed E-state index contributed by atoms with van der Waals surface area (Å²) in [7, 11) is 0. The first kappa shape index (κ1) is 21.1. The predicted molar refractivity (Wildman–Crippen MR) is 112 cm³/mol. The van der Waals surface area contributed by atoms with Crippen LogP contribution in [-0.2, 0) is 12.0 Å². The second-order valence-corrected chi connectivity index (χ2v) is 9.23. The molecule has 0 spiro atoms. The van der Waals surface area contributed by atoms with Crippen LogP contribution < -0.4 is 10.6 Å². The van der Waals surface area contributed by atoms with Gasteiger partial charge in [0.15, 0.2) is 11.8 Å². The lowest BCUT2D eigenvalue weighted by molar-refractivity contribution is 0.115. The van der Waals surface area contributed by atoms with Crippen LogP contribution in [0, 0.1) is 0 Å². The van der Waals surface area contributed by atoms with Gasteiger partial charge >= 0.3 is 0 Å². The highest BCUT2D eigenvalue weighted by atomic mass is 16.5. The van der Waals surface area contributed by atoms with Gasteiger partial charge in [-0.3, -0.25) is 4.90 Å². The summed E-state index contributed by atoms with van der Waals surface area (Å²) in [6.45, 7) is 11.9. The standard InChI is InChI=1S/C21H38N6O/c1-5-22-20(23-14-18-25-19(28-26-18)21(2,3)4)24-16-10-9-13-27(15-16)17-11-7-6-8-12-17/h16-17H,5-15H2,1-4H3,(H2,22,23,24). The molecule has 3 rings (SSSR count). The molecular weight excluding hydrogens is 352 g/mol. The van der Waals surface area contributed by atoms with Crippen LogP contribution in [0.15, 0.2) is 9.52 Å². The van der Waals surface area contributed by atoms with E-state index < -0.39 is 0 Å². The Hall–Kier alpha value is -1.63. The first-order valence-corrected chi connectivity index (χ1v) is 11.1. The molecule has 1 unspecified atom stereocenters. The lowest BCUT2D eigenvalue weighted by Gasteiger charge is -2.40. The molecule has 1 aromatic rings. The van der Waals surface area contributed by atoms with Crippen molar-refractivity contribution in [1.82, 2.24) is 25.7 Å². The lowest BCUT2D eigenvalue weighted by Crippen LogP contribution is -2.53. The van der Waals surface area contributed by atoms with Crippen LogP contribution in [0.5, 0.6) is 0 Å². The van der Waals surface area contributed by atoms with E-state index in [0.717, 1.165) is 25.1 Å². The van der Waals surface area contributed by atoms with Gasteiger partial charge in [0.25, 0.3) is 0 Å². The van der Waals surface area contributed by atoms with E-state index in [2.05, 4.69) is 53.4 Å². The summed E-state index contributed by atoms with van der Waals surface area (Å²) in [4.78, 5) is 11.9. The molecule has 2 N–H and O–H groups in total. The summed E-state index contributed by atoms with van der Waals surface area (Å²) >= 11 is 0. The third-order valence-electron chi connectivity index (χ3n) is 5.72. The van der Waals surface area contributed by atoms with Gasteiger partial charge in [0.2, 0.25) is 5.89 Å². The van der Waals surface area contributed by atoms with Crippen molar-refractivity contribution in [2.45, 2.75) is 96.7 Å². The van der Waals surface area contributed by atoms with Crippen LogP contribution in [0.2, 0.25) is 0 Å². The molecule has 1 aliphatic heterocycles. The minimum absolute atomic E-state index is 0.137. The van der Waals surface area contributed by atoms with Gasteiger partial charge in [-0.25, -0.2) is 4.99 Å². The van der Waals surface area contributed by atoms with Gasteiger partial charge in [-0.1, -0.05) is 45.2 Å². The van der Waals surface area contributed by atoms with Crippen molar-refractivity contribution in [3.05, 3.63) is 11.7 Å². The molecule has 1 saturated heterocycles. The van der Waals surface area contributed by atoms with Crippen LogP contribution in [0.1, 0.15) is 84.4 Å². The SMILES string of the molecule is CCNC(=NCc1noc(C(C)(C)C)n1)NC1CCCN(C2CCCCC2)C1. The number of likely N-dealkylation sites (tertiary alicyclic amines) is 1. The summed E-state index contributed by atoms with van der Waals surface area (Å²) < 4.78 is 5.37. The van der Waals surface area contributed by atoms with Crippen molar-refractivity contribution in [2.75, 3.05) is 19.6 Å². The molecule has 0 aromatic carbocycles. The van der Waals surface area contributed by atoms with Gasteiger partial charge in [-0.2, -0.15) is 4.98 Å². The first-order valence-electron chi connectivity index (χ1n) is 11.1. The van der Waals surface area contributed by atoms with Crippen molar-refractivity contribution in [1.29, 1.82) is 0 Å². The molecular formula is C21H38N6O. The van der Waals surface area contributed by atoms with Gasteiger partial charge in [0, 0.05) is 30.6 Å². The Bertz CT molecular complexity index is 629. The first-order chi connectivity index (χ1) is 13.5. The molecule has 2 fully saturated rings. The quantitative estimate of drug-likeness (QED) is 0.594. The van der Waals surface area contributed by atoms with Crippen molar-refractivity contribution in [3.8, 4) is 0 Å². The Kier molecular flexibility index (Phi) is 7.32. The van der Waals surface area contributed by atoms with Crippen molar-refractivity contribution < 1.29 is 4.52 Å². The number of guanidine groups is 1. The molecule has 0 amide bonds. The van der Waals surface area contributed by atoms with Gasteiger partial charge < -0.3 is 15.2 Å². The van der Waals surface area contributed by atoms with E-state index in [1.54, 1.807) is 0 Å². The summed E-state index contributed by atoms with van der Waals surface area (Å²) in [5.74, 6) is 2.14. The third kappa shape index (κ3) is 5.93. The zero-order valence-corrected chi connectivity index (χ0v) is 18.1. The summed E-state index contributed by atoms with van der Waals surface area (Å²) in [6, 6.07) is 1.23. The predicted octanol–water partition coefficient (Wildman–Crippen LogP) is 3.22. The maximum atomic E-state index is 5.37. The number of aliphatic imine (C=N–C) groups is 1. The molecule has 0 radical (unpaired) electrons. The summed E-state index contributed by atoms with van der Waals surface area (Å²) in [5.41, 5.74) is -0.137. The van der Waals surface area contributed by atoms with E-state index in [1.807, 2.05) is 0 Å². The molecule has 158 valence electrons. The van der Waals surface area contributed by atoms with Gasteiger partial charge in [-0.15, -0.1) is 0 Å². The Labute approximate surface area is 169 Å². The Morgan fingerprint density at radius 3 is 2.64 bits per heavy atom. The highest BCUT2D eigenvalue weighted by Gasteiger charge is 2.27. The second kappa shape index (κ2) is 9.72. The van der Waals surface area contributed by atoms with E-state index in [0.29, 0.717) is 24.3 Å². The van der Waals surface area contributed by atoms with Crippen molar-refractivity contribution in [2.24, 2.45) is 4.99 Å². The average molecular weight is 391 g/mol. The number of hydrogen-bond acceptors (Lipinski definition) is 5. The molecule has 7 nitrogen and oxygen atoms in total. The monoisotopic (exact) mass is 390 g/mol. The number of rotatable bonds is 5. The number of aromatic nitrogens is 2. The normalized spacial score (nSPS) is 23.0. The van der Waals surface area contributed by atoms with E-state index in [1.165, 1.54) is 51.5 Å². The molecule has 1 aliphatic carbocycles. The molecule has 0 bridgehead atoms. The smallest absolute Gasteiger partial charge is 0.232 e. The fraction of sp³-hybridized carbons (Fsp3) is 0.857. The van der Waals surface area contributed by atoms with Crippen LogP contribution in [0.4, 0.5) is 0 Å². The van der Waals surface area contributed by atoms with Gasteiger partial charge in [-0.05, 0) is 39.2 Å². The molecule has 28 heavy (non-hydrogen) atoms. The molecule has 2 aliphatic rings. The minimum Gasteiger partial charge on any atom is -0.357 e. The molecule has 1 atom stereocenters. The number of piperidine rings is 1. The summed E-state index contributed by atoms with van der Waals surface area (Å²) in [6.07, 6.45) is 9.40. The lowest BCUT2D eigenvalue weighted by atomic mass is 9.92. The number of nitrogens with zero attached hydrogens (tertiary/aromatic N) is 4. The Balaban J connectivity index is 1.57. The van der Waals surface area contributed by atoms with Crippen LogP contribution in [-0.4, -0.2) is 52.7 Å². The third-order valence-corrected chi connectivity index (χ3v) is 5.72. The summed E-state index contributed by atoms with van der Waals surface area (Å²) in [5, 5.41) is 11.1. The molecule has 1 aromatic heterocycles. The van der Waals surface area contributed by atoms with Gasteiger partial charge in [0.05, 0.1) is 0 Å². The van der Waals surface area contributed by atoms with Crippen LogP contribution >= 0.6 is 0 Å². The van der Waals surface area contributed by atoms with Crippen LogP contribution in [0.25, 0.3) is 0 Å². The number of hydrogen-bond donors (Lipinski definition) is 2.